The van der Waals surface area contributed by atoms with Crippen LogP contribution in [0.3, 0.4) is 0 Å². The van der Waals surface area contributed by atoms with Gasteiger partial charge in [-0.1, -0.05) is 5.16 Å². The molecular formula is C12H12N4O2. The van der Waals surface area contributed by atoms with Crippen LogP contribution in [0.4, 0.5) is 0 Å². The summed E-state index contributed by atoms with van der Waals surface area (Å²) in [6.07, 6.45) is 4.71. The Kier molecular flexibility index (Phi) is 2.40. The Morgan fingerprint density at radius 1 is 1.50 bits per heavy atom. The molecule has 0 atom stereocenters. The Labute approximate surface area is 104 Å². The molecule has 6 nitrogen and oxygen atoms in total. The van der Waals surface area contributed by atoms with Crippen LogP contribution in [-0.2, 0) is 11.8 Å². The van der Waals surface area contributed by atoms with Gasteiger partial charge in [-0.05, 0) is 19.3 Å². The fraction of sp³-hybridized carbons (Fsp3) is 0.500. The number of hydrogen-bond donors (Lipinski definition) is 0. The SMILES string of the molecule is Cc1ncc(Cc2noc(C3(C#N)CCC3)n2)o1. The van der Waals surface area contributed by atoms with Crippen LogP contribution in [0, 0.1) is 18.3 Å². The standard InChI is InChI=1S/C12H12N4O2/c1-8-14-6-9(17-8)5-10-15-11(18-16-10)12(7-13)3-2-4-12/h6H,2-5H2,1H3. The predicted octanol–water partition coefficient (Wildman–Crippen LogP) is 1.90. The van der Waals surface area contributed by atoms with Crippen LogP contribution >= 0.6 is 0 Å². The van der Waals surface area contributed by atoms with Crippen molar-refractivity contribution in [1.29, 1.82) is 5.26 Å². The number of nitrogens with zero attached hydrogens (tertiary/aromatic N) is 4. The Hall–Kier alpha value is -2.16. The second kappa shape index (κ2) is 3.95. The van der Waals surface area contributed by atoms with Gasteiger partial charge in [-0.15, -0.1) is 0 Å². The molecule has 0 aliphatic heterocycles. The van der Waals surface area contributed by atoms with Gasteiger partial charge in [-0.2, -0.15) is 10.2 Å². The zero-order chi connectivity index (χ0) is 12.6. The molecule has 1 saturated carbocycles. The quantitative estimate of drug-likeness (QED) is 0.819. The molecule has 1 aliphatic rings. The summed E-state index contributed by atoms with van der Waals surface area (Å²) in [7, 11) is 0. The first-order valence-corrected chi connectivity index (χ1v) is 5.87. The van der Waals surface area contributed by atoms with Crippen LogP contribution in [-0.4, -0.2) is 15.1 Å². The van der Waals surface area contributed by atoms with Crippen LogP contribution in [0.2, 0.25) is 0 Å². The largest absolute Gasteiger partial charge is 0.446 e. The van der Waals surface area contributed by atoms with Crippen molar-refractivity contribution in [3.63, 3.8) is 0 Å². The van der Waals surface area contributed by atoms with Crippen molar-refractivity contribution in [3.05, 3.63) is 29.6 Å². The van der Waals surface area contributed by atoms with Crippen molar-refractivity contribution in [3.8, 4) is 6.07 Å². The van der Waals surface area contributed by atoms with E-state index in [4.69, 9.17) is 8.94 Å². The number of aromatic nitrogens is 3. The van der Waals surface area contributed by atoms with Crippen molar-refractivity contribution in [2.45, 2.75) is 38.0 Å². The van der Waals surface area contributed by atoms with E-state index < -0.39 is 5.41 Å². The molecule has 92 valence electrons. The molecule has 0 aromatic carbocycles. The lowest BCUT2D eigenvalue weighted by atomic mass is 9.70. The third kappa shape index (κ3) is 1.68. The highest BCUT2D eigenvalue weighted by Gasteiger charge is 2.44. The second-order valence-electron chi connectivity index (χ2n) is 4.59. The Balaban J connectivity index is 1.80. The van der Waals surface area contributed by atoms with E-state index in [1.165, 1.54) is 0 Å². The number of hydrogen-bond acceptors (Lipinski definition) is 6. The lowest BCUT2D eigenvalue weighted by Crippen LogP contribution is -2.32. The molecule has 0 unspecified atom stereocenters. The number of rotatable bonds is 3. The molecule has 2 aromatic rings. The first-order valence-electron chi connectivity index (χ1n) is 5.87. The second-order valence-corrected chi connectivity index (χ2v) is 4.59. The van der Waals surface area contributed by atoms with E-state index >= 15 is 0 Å². The fourth-order valence-electron chi connectivity index (χ4n) is 2.07. The van der Waals surface area contributed by atoms with Crippen LogP contribution < -0.4 is 0 Å². The van der Waals surface area contributed by atoms with E-state index in [-0.39, 0.29) is 0 Å². The topological polar surface area (TPSA) is 88.7 Å². The summed E-state index contributed by atoms with van der Waals surface area (Å²) in [5, 5.41) is 13.1. The monoisotopic (exact) mass is 244 g/mol. The number of oxazole rings is 1. The summed E-state index contributed by atoms with van der Waals surface area (Å²) in [4.78, 5) is 8.30. The maximum absolute atomic E-state index is 9.19. The van der Waals surface area contributed by atoms with Crippen LogP contribution in [0.5, 0.6) is 0 Å². The van der Waals surface area contributed by atoms with Gasteiger partial charge in [0.05, 0.1) is 18.7 Å². The van der Waals surface area contributed by atoms with E-state index in [1.54, 1.807) is 13.1 Å². The lowest BCUT2D eigenvalue weighted by Gasteiger charge is -2.30. The van der Waals surface area contributed by atoms with Gasteiger partial charge in [0.15, 0.2) is 11.7 Å². The third-order valence-corrected chi connectivity index (χ3v) is 3.30. The highest BCUT2D eigenvalue weighted by Crippen LogP contribution is 2.42. The minimum Gasteiger partial charge on any atom is -0.446 e. The van der Waals surface area contributed by atoms with E-state index in [2.05, 4.69) is 21.2 Å². The maximum atomic E-state index is 9.19. The van der Waals surface area contributed by atoms with Crippen LogP contribution in [0.1, 0.15) is 42.6 Å². The Morgan fingerprint density at radius 2 is 2.33 bits per heavy atom. The zero-order valence-electron chi connectivity index (χ0n) is 10.0. The van der Waals surface area contributed by atoms with Gasteiger partial charge in [-0.25, -0.2) is 4.98 Å². The Bertz CT molecular complexity index is 604. The summed E-state index contributed by atoms with van der Waals surface area (Å²) in [6, 6.07) is 2.28. The molecule has 0 radical (unpaired) electrons. The van der Waals surface area contributed by atoms with Crippen molar-refractivity contribution in [2.24, 2.45) is 0 Å². The van der Waals surface area contributed by atoms with E-state index in [1.807, 2.05) is 0 Å². The molecule has 18 heavy (non-hydrogen) atoms. The summed E-state index contributed by atoms with van der Waals surface area (Å²) in [5.41, 5.74) is -0.553. The van der Waals surface area contributed by atoms with Gasteiger partial charge in [0.25, 0.3) is 0 Å². The van der Waals surface area contributed by atoms with Crippen molar-refractivity contribution < 1.29 is 8.94 Å². The van der Waals surface area contributed by atoms with Crippen molar-refractivity contribution in [2.75, 3.05) is 0 Å². The molecule has 0 N–H and O–H groups in total. The molecule has 3 rings (SSSR count). The van der Waals surface area contributed by atoms with Gasteiger partial charge < -0.3 is 8.94 Å². The van der Waals surface area contributed by atoms with Gasteiger partial charge >= 0.3 is 0 Å². The minimum atomic E-state index is -0.553. The zero-order valence-corrected chi connectivity index (χ0v) is 10.0. The molecule has 0 saturated heterocycles. The lowest BCUT2D eigenvalue weighted by molar-refractivity contribution is 0.231. The van der Waals surface area contributed by atoms with E-state index in [0.717, 1.165) is 19.3 Å². The van der Waals surface area contributed by atoms with Gasteiger partial charge in [-0.3, -0.25) is 0 Å². The predicted molar refractivity (Wildman–Crippen MR) is 59.5 cm³/mol. The summed E-state index contributed by atoms with van der Waals surface area (Å²) in [6.45, 7) is 1.78. The fourth-order valence-corrected chi connectivity index (χ4v) is 2.07. The summed E-state index contributed by atoms with van der Waals surface area (Å²) in [5.74, 6) is 2.27. The molecule has 2 heterocycles. The minimum absolute atomic E-state index is 0.433. The molecule has 0 spiro atoms. The normalized spacial score (nSPS) is 17.1. The molecular weight excluding hydrogens is 232 g/mol. The number of nitriles is 1. The first-order chi connectivity index (χ1) is 8.72. The van der Waals surface area contributed by atoms with Gasteiger partial charge in [0, 0.05) is 6.92 Å². The smallest absolute Gasteiger partial charge is 0.247 e. The van der Waals surface area contributed by atoms with Crippen molar-refractivity contribution >= 4 is 0 Å². The highest BCUT2D eigenvalue weighted by atomic mass is 16.5. The van der Waals surface area contributed by atoms with Crippen molar-refractivity contribution in [1.82, 2.24) is 15.1 Å². The maximum Gasteiger partial charge on any atom is 0.247 e. The highest BCUT2D eigenvalue weighted by molar-refractivity contribution is 5.23. The molecule has 6 heteroatoms. The Morgan fingerprint density at radius 3 is 2.89 bits per heavy atom. The molecule has 0 bridgehead atoms. The van der Waals surface area contributed by atoms with Gasteiger partial charge in [0.2, 0.25) is 5.89 Å². The third-order valence-electron chi connectivity index (χ3n) is 3.30. The van der Waals surface area contributed by atoms with Crippen LogP contribution in [0.25, 0.3) is 0 Å². The molecule has 1 fully saturated rings. The van der Waals surface area contributed by atoms with Crippen LogP contribution in [0.15, 0.2) is 15.1 Å². The average molecular weight is 244 g/mol. The average Bonchev–Trinajstić information content (AvgIpc) is 2.89. The van der Waals surface area contributed by atoms with Gasteiger partial charge in [0.1, 0.15) is 11.2 Å². The number of aryl methyl sites for hydroxylation is 1. The molecule has 2 aromatic heterocycles. The summed E-state index contributed by atoms with van der Waals surface area (Å²) < 4.78 is 10.5. The first kappa shape index (κ1) is 11.0. The summed E-state index contributed by atoms with van der Waals surface area (Å²) >= 11 is 0. The van der Waals surface area contributed by atoms with E-state index in [0.29, 0.717) is 29.8 Å². The van der Waals surface area contributed by atoms with E-state index in [9.17, 15) is 5.26 Å². The molecule has 1 aliphatic carbocycles. The molecule has 0 amide bonds.